The van der Waals surface area contributed by atoms with Gasteiger partial charge in [0.2, 0.25) is 0 Å². The number of hydrogen-bond donors (Lipinski definition) is 0. The second kappa shape index (κ2) is 5.05. The fraction of sp³-hybridized carbons (Fsp3) is 0.125. The van der Waals surface area contributed by atoms with Gasteiger partial charge in [-0.25, -0.2) is 0 Å². The molecular weight excluding hydrogens is 382 g/mol. The highest BCUT2D eigenvalue weighted by molar-refractivity contribution is 9.09. The number of benzene rings is 2. The maximum Gasteiger partial charge on any atom is 0.0690 e. The second-order valence-electron chi connectivity index (χ2n) is 7.23. The highest BCUT2D eigenvalue weighted by atomic mass is 79.9. The van der Waals surface area contributed by atoms with E-state index in [9.17, 15) is 0 Å². The van der Waals surface area contributed by atoms with Gasteiger partial charge in [0.1, 0.15) is 0 Å². The average molecular weight is 398 g/mol. The Kier molecular flexibility index (Phi) is 2.85. The first-order valence-corrected chi connectivity index (χ1v) is 9.93. The molecule has 0 fully saturated rings. The first kappa shape index (κ1) is 14.7. The van der Waals surface area contributed by atoms with Gasteiger partial charge in [-0.05, 0) is 51.5 Å². The van der Waals surface area contributed by atoms with Crippen LogP contribution in [0.3, 0.4) is 0 Å². The molecule has 1 spiro atoms. The molecule has 3 aliphatic carbocycles. The van der Waals surface area contributed by atoms with Crippen LogP contribution >= 0.6 is 15.9 Å². The van der Waals surface area contributed by atoms with Crippen LogP contribution in [-0.2, 0) is 5.41 Å². The minimum atomic E-state index is -0.183. The van der Waals surface area contributed by atoms with Crippen LogP contribution in [0.1, 0.15) is 28.7 Å². The molecule has 1 nitrogen and oxygen atoms in total. The second-order valence-corrected chi connectivity index (χ2v) is 8.41. The zero-order valence-electron chi connectivity index (χ0n) is 14.1. The summed E-state index contributed by atoms with van der Waals surface area (Å²) in [5.74, 6) is 0. The number of pyridine rings is 1. The molecule has 0 amide bonds. The molecule has 1 heterocycles. The van der Waals surface area contributed by atoms with Crippen LogP contribution < -0.4 is 0 Å². The van der Waals surface area contributed by atoms with Crippen LogP contribution in [0.15, 0.2) is 84.7 Å². The van der Waals surface area contributed by atoms with E-state index in [-0.39, 0.29) is 5.41 Å². The lowest BCUT2D eigenvalue weighted by atomic mass is 9.68. The van der Waals surface area contributed by atoms with Gasteiger partial charge in [-0.2, -0.15) is 0 Å². The fourth-order valence-corrected chi connectivity index (χ4v) is 5.71. The fourth-order valence-electron chi connectivity index (χ4n) is 5.23. The molecule has 26 heavy (non-hydrogen) atoms. The van der Waals surface area contributed by atoms with E-state index in [2.05, 4.69) is 87.7 Å². The van der Waals surface area contributed by atoms with Crippen LogP contribution in [0.25, 0.3) is 16.7 Å². The number of hydrogen-bond acceptors (Lipinski definition) is 1. The Morgan fingerprint density at radius 3 is 2.38 bits per heavy atom. The first-order valence-electron chi connectivity index (χ1n) is 9.02. The molecule has 124 valence electrons. The van der Waals surface area contributed by atoms with Crippen LogP contribution in [0, 0.1) is 0 Å². The van der Waals surface area contributed by atoms with E-state index in [0.717, 1.165) is 6.42 Å². The molecule has 2 unspecified atom stereocenters. The van der Waals surface area contributed by atoms with E-state index in [4.69, 9.17) is 0 Å². The van der Waals surface area contributed by atoms with Gasteiger partial charge >= 0.3 is 0 Å². The number of rotatable bonds is 0. The van der Waals surface area contributed by atoms with Crippen LogP contribution in [-0.4, -0.2) is 9.81 Å². The van der Waals surface area contributed by atoms with E-state index in [0.29, 0.717) is 4.83 Å². The van der Waals surface area contributed by atoms with Crippen LogP contribution in [0.4, 0.5) is 0 Å². The third-order valence-electron chi connectivity index (χ3n) is 6.12. The Balaban J connectivity index is 1.82. The van der Waals surface area contributed by atoms with E-state index in [1.807, 2.05) is 12.4 Å². The van der Waals surface area contributed by atoms with Gasteiger partial charge in [-0.3, -0.25) is 4.98 Å². The minimum Gasteiger partial charge on any atom is -0.264 e. The van der Waals surface area contributed by atoms with Crippen molar-refractivity contribution in [2.75, 3.05) is 0 Å². The first-order chi connectivity index (χ1) is 12.8. The third-order valence-corrected chi connectivity index (χ3v) is 6.75. The van der Waals surface area contributed by atoms with Crippen molar-refractivity contribution >= 4 is 21.5 Å². The molecule has 2 aromatic carbocycles. The Morgan fingerprint density at radius 2 is 1.54 bits per heavy atom. The maximum absolute atomic E-state index is 4.45. The summed E-state index contributed by atoms with van der Waals surface area (Å²) in [7, 11) is 0. The molecule has 6 rings (SSSR count). The summed E-state index contributed by atoms with van der Waals surface area (Å²) in [6.45, 7) is 0. The van der Waals surface area contributed by atoms with Crippen molar-refractivity contribution in [1.29, 1.82) is 0 Å². The number of alkyl halides is 1. The van der Waals surface area contributed by atoms with Crippen molar-refractivity contribution in [1.82, 2.24) is 4.98 Å². The van der Waals surface area contributed by atoms with Gasteiger partial charge in [-0.15, -0.1) is 0 Å². The molecule has 3 aromatic rings. The summed E-state index contributed by atoms with van der Waals surface area (Å²) < 4.78 is 0. The number of aromatic nitrogens is 1. The lowest BCUT2D eigenvalue weighted by molar-refractivity contribution is 0.719. The smallest absolute Gasteiger partial charge is 0.0690 e. The van der Waals surface area contributed by atoms with Crippen LogP contribution in [0.5, 0.6) is 0 Å². The summed E-state index contributed by atoms with van der Waals surface area (Å²) in [6, 6.07) is 20.0. The van der Waals surface area contributed by atoms with Crippen LogP contribution in [0.2, 0.25) is 0 Å². The number of allylic oxidation sites excluding steroid dienone is 4. The standard InChI is InChI=1S/C24H16BrN/c25-15-9-10-18-16-5-1-3-7-20(16)24(23(18)13-15)21-8-4-2-6-17(21)19-14-26-12-11-22(19)24/h1-12,14-15H,13H2. The van der Waals surface area contributed by atoms with Crippen molar-refractivity contribution in [3.63, 3.8) is 0 Å². The molecular formula is C24H16BrN. The normalized spacial score (nSPS) is 24.4. The molecule has 1 aromatic heterocycles. The number of nitrogens with zero attached hydrogens (tertiary/aromatic N) is 1. The summed E-state index contributed by atoms with van der Waals surface area (Å²) in [4.78, 5) is 4.83. The van der Waals surface area contributed by atoms with E-state index >= 15 is 0 Å². The quantitative estimate of drug-likeness (QED) is 0.431. The SMILES string of the molecule is BrC1C=CC2=C(C1)C1(c3ccccc32)c2ccccc2-c2cnccc21. The monoisotopic (exact) mass is 397 g/mol. The van der Waals surface area contributed by atoms with Crippen molar-refractivity contribution in [2.24, 2.45) is 0 Å². The zero-order chi connectivity index (χ0) is 17.3. The van der Waals surface area contributed by atoms with Crippen molar-refractivity contribution in [3.8, 4) is 11.1 Å². The largest absolute Gasteiger partial charge is 0.264 e. The summed E-state index contributed by atoms with van der Waals surface area (Å²) >= 11 is 3.85. The summed E-state index contributed by atoms with van der Waals surface area (Å²) in [5, 5.41) is 0. The van der Waals surface area contributed by atoms with Gasteiger partial charge in [0, 0.05) is 22.8 Å². The lowest BCUT2D eigenvalue weighted by Gasteiger charge is -2.34. The predicted octanol–water partition coefficient (Wildman–Crippen LogP) is 5.89. The van der Waals surface area contributed by atoms with Gasteiger partial charge in [0.15, 0.2) is 0 Å². The summed E-state index contributed by atoms with van der Waals surface area (Å²) in [6.07, 6.45) is 9.60. The van der Waals surface area contributed by atoms with E-state index in [1.165, 1.54) is 44.5 Å². The molecule has 3 aliphatic rings. The summed E-state index contributed by atoms with van der Waals surface area (Å²) in [5.41, 5.74) is 10.9. The topological polar surface area (TPSA) is 12.9 Å². The number of halogens is 1. The lowest BCUT2D eigenvalue weighted by Crippen LogP contribution is -2.29. The molecule has 2 atom stereocenters. The zero-order valence-corrected chi connectivity index (χ0v) is 15.7. The Hall–Kier alpha value is -2.45. The number of fused-ring (bicyclic) bond motifs is 9. The molecule has 2 heteroatoms. The molecule has 0 saturated carbocycles. The molecule has 0 aliphatic heterocycles. The molecule has 0 saturated heterocycles. The van der Waals surface area contributed by atoms with Gasteiger partial charge in [-0.1, -0.05) is 76.6 Å². The van der Waals surface area contributed by atoms with E-state index < -0.39 is 0 Å². The average Bonchev–Trinajstić information content (AvgIpc) is 3.15. The highest BCUT2D eigenvalue weighted by Crippen LogP contribution is 2.63. The molecule has 0 N–H and O–H groups in total. The van der Waals surface area contributed by atoms with E-state index in [1.54, 1.807) is 0 Å². The van der Waals surface area contributed by atoms with Gasteiger partial charge in [0.25, 0.3) is 0 Å². The Morgan fingerprint density at radius 1 is 0.846 bits per heavy atom. The Bertz CT molecular complexity index is 1090. The van der Waals surface area contributed by atoms with Crippen molar-refractivity contribution in [2.45, 2.75) is 16.7 Å². The van der Waals surface area contributed by atoms with Gasteiger partial charge < -0.3 is 0 Å². The Labute approximate surface area is 161 Å². The highest BCUT2D eigenvalue weighted by Gasteiger charge is 2.52. The van der Waals surface area contributed by atoms with Crippen molar-refractivity contribution < 1.29 is 0 Å². The predicted molar refractivity (Wildman–Crippen MR) is 109 cm³/mol. The molecule has 0 radical (unpaired) electrons. The van der Waals surface area contributed by atoms with Gasteiger partial charge in [0.05, 0.1) is 5.41 Å². The third kappa shape index (κ3) is 1.59. The van der Waals surface area contributed by atoms with Crippen molar-refractivity contribution in [3.05, 3.63) is 107 Å². The molecule has 0 bridgehead atoms. The maximum atomic E-state index is 4.45. The minimum absolute atomic E-state index is 0.183.